The number of rotatable bonds is 12. The fourth-order valence-electron chi connectivity index (χ4n) is 3.65. The van der Waals surface area contributed by atoms with Gasteiger partial charge in [0, 0.05) is 30.0 Å². The highest BCUT2D eigenvalue weighted by Crippen LogP contribution is 2.35. The van der Waals surface area contributed by atoms with Gasteiger partial charge in [0.25, 0.3) is 27.8 Å². The largest absolute Gasteiger partial charge is 0.352 e. The Labute approximate surface area is 218 Å². The first-order valence-electron chi connectivity index (χ1n) is 11.6. The van der Waals surface area contributed by atoms with E-state index in [1.54, 1.807) is 30.1 Å². The van der Waals surface area contributed by atoms with Gasteiger partial charge in [-0.15, -0.1) is 5.06 Å². The molecular formula is C24H27N3O8S2. The minimum atomic E-state index is -4.77. The van der Waals surface area contributed by atoms with E-state index in [4.69, 9.17) is 4.55 Å². The fourth-order valence-corrected chi connectivity index (χ4v) is 5.32. The summed E-state index contributed by atoms with van der Waals surface area (Å²) in [5, 5.41) is 1.87. The fraction of sp³-hybridized carbons (Fsp3) is 0.375. The molecular weight excluding hydrogens is 522 g/mol. The summed E-state index contributed by atoms with van der Waals surface area (Å²) in [6, 6.07) is 13.0. The molecule has 0 bridgehead atoms. The van der Waals surface area contributed by atoms with Gasteiger partial charge < -0.3 is 10.2 Å². The Morgan fingerprint density at radius 3 is 2.57 bits per heavy atom. The third kappa shape index (κ3) is 7.84. The highest BCUT2D eigenvalue weighted by atomic mass is 32.2. The standard InChI is InChI=1S/C24H27N3O8S2/c1-16(36-20-11-6-8-13-25-20)17-9-4-5-10-18(17)23(30)26-14-7-2-3-12-22(29)35-27-21(28)15-19(24(27)31)37(32,33)34/h4-6,8-11,13,16,19H,2-3,7,12,14-15H2,1H3,(H,26,30)(H,32,33,34). The van der Waals surface area contributed by atoms with Crippen LogP contribution in [0, 0.1) is 0 Å². The van der Waals surface area contributed by atoms with Gasteiger partial charge in [0.15, 0.2) is 5.25 Å². The van der Waals surface area contributed by atoms with Crippen molar-refractivity contribution in [2.45, 2.75) is 54.6 Å². The number of imide groups is 1. The molecule has 2 unspecified atom stereocenters. The monoisotopic (exact) mass is 549 g/mol. The van der Waals surface area contributed by atoms with Gasteiger partial charge >= 0.3 is 5.97 Å². The molecule has 1 saturated heterocycles. The maximum atomic E-state index is 12.8. The highest BCUT2D eigenvalue weighted by Gasteiger charge is 2.48. The molecule has 1 aromatic heterocycles. The van der Waals surface area contributed by atoms with Crippen LogP contribution in [0.4, 0.5) is 0 Å². The molecule has 1 fully saturated rings. The Hall–Kier alpha value is -3.29. The number of hydrogen-bond acceptors (Lipinski definition) is 9. The van der Waals surface area contributed by atoms with Gasteiger partial charge in [-0.25, -0.2) is 9.78 Å². The van der Waals surface area contributed by atoms with Crippen LogP contribution in [-0.2, 0) is 29.3 Å². The number of unbranched alkanes of at least 4 members (excludes halogenated alkanes) is 2. The van der Waals surface area contributed by atoms with Crippen molar-refractivity contribution < 1.29 is 37.0 Å². The van der Waals surface area contributed by atoms with Crippen LogP contribution < -0.4 is 5.32 Å². The number of nitrogens with one attached hydrogen (secondary N) is 1. The number of carbonyl (C=O) groups is 4. The minimum absolute atomic E-state index is 0.00463. The number of aromatic nitrogens is 1. The van der Waals surface area contributed by atoms with Crippen molar-refractivity contribution in [1.29, 1.82) is 0 Å². The average Bonchev–Trinajstić information content (AvgIpc) is 3.15. The first-order valence-corrected chi connectivity index (χ1v) is 13.9. The van der Waals surface area contributed by atoms with E-state index >= 15 is 0 Å². The van der Waals surface area contributed by atoms with Crippen LogP contribution in [0.25, 0.3) is 0 Å². The summed E-state index contributed by atoms with van der Waals surface area (Å²) in [4.78, 5) is 57.4. The Balaban J connectivity index is 1.39. The van der Waals surface area contributed by atoms with Crippen molar-refractivity contribution in [3.8, 4) is 0 Å². The lowest BCUT2D eigenvalue weighted by atomic mass is 10.0. The summed E-state index contributed by atoms with van der Waals surface area (Å²) >= 11 is 1.56. The number of thioether (sulfide) groups is 1. The zero-order valence-electron chi connectivity index (χ0n) is 20.0. The molecule has 2 atom stereocenters. The molecule has 13 heteroatoms. The summed E-state index contributed by atoms with van der Waals surface area (Å²) in [6.07, 6.45) is 2.31. The second kappa shape index (κ2) is 12.8. The second-order valence-electron chi connectivity index (χ2n) is 8.28. The lowest BCUT2D eigenvalue weighted by Crippen LogP contribution is -2.36. The molecule has 1 aliphatic rings. The van der Waals surface area contributed by atoms with E-state index in [-0.39, 0.29) is 22.6 Å². The van der Waals surface area contributed by atoms with Crippen LogP contribution >= 0.6 is 11.8 Å². The quantitative estimate of drug-likeness (QED) is 0.174. The van der Waals surface area contributed by atoms with Crippen LogP contribution in [0.3, 0.4) is 0 Å². The molecule has 0 spiro atoms. The molecule has 0 aliphatic carbocycles. The van der Waals surface area contributed by atoms with E-state index in [0.29, 0.717) is 31.4 Å². The average molecular weight is 550 g/mol. The van der Waals surface area contributed by atoms with Gasteiger partial charge in [0.2, 0.25) is 0 Å². The predicted octanol–water partition coefficient (Wildman–Crippen LogP) is 2.70. The number of amides is 3. The van der Waals surface area contributed by atoms with Crippen molar-refractivity contribution in [3.63, 3.8) is 0 Å². The molecule has 0 saturated carbocycles. The molecule has 0 radical (unpaired) electrons. The molecule has 3 amide bonds. The summed E-state index contributed by atoms with van der Waals surface area (Å²) < 4.78 is 31.3. The van der Waals surface area contributed by atoms with Crippen molar-refractivity contribution in [2.24, 2.45) is 0 Å². The summed E-state index contributed by atoms with van der Waals surface area (Å²) in [6.45, 7) is 2.39. The summed E-state index contributed by atoms with van der Waals surface area (Å²) in [5.74, 6) is -3.40. The Kier molecular flexibility index (Phi) is 9.78. The predicted molar refractivity (Wildman–Crippen MR) is 134 cm³/mol. The molecule has 3 rings (SSSR count). The maximum absolute atomic E-state index is 12.8. The molecule has 1 aliphatic heterocycles. The molecule has 11 nitrogen and oxygen atoms in total. The number of hydroxylamine groups is 2. The maximum Gasteiger partial charge on any atom is 0.333 e. The highest BCUT2D eigenvalue weighted by molar-refractivity contribution is 7.99. The Morgan fingerprint density at radius 1 is 1.16 bits per heavy atom. The lowest BCUT2D eigenvalue weighted by Gasteiger charge is -2.16. The van der Waals surface area contributed by atoms with Gasteiger partial charge in [-0.1, -0.05) is 42.4 Å². The van der Waals surface area contributed by atoms with Gasteiger partial charge in [-0.3, -0.25) is 18.9 Å². The van der Waals surface area contributed by atoms with Crippen LogP contribution in [0.1, 0.15) is 60.2 Å². The van der Waals surface area contributed by atoms with Gasteiger partial charge in [0.1, 0.15) is 0 Å². The van der Waals surface area contributed by atoms with Crippen LogP contribution in [-0.4, -0.2) is 58.5 Å². The second-order valence-corrected chi connectivity index (χ2v) is 11.2. The Morgan fingerprint density at radius 2 is 1.89 bits per heavy atom. The van der Waals surface area contributed by atoms with E-state index in [2.05, 4.69) is 15.1 Å². The number of carbonyl (C=O) groups excluding carboxylic acids is 4. The lowest BCUT2D eigenvalue weighted by molar-refractivity contribution is -0.197. The van der Waals surface area contributed by atoms with E-state index in [1.165, 1.54) is 0 Å². The zero-order valence-corrected chi connectivity index (χ0v) is 21.7. The van der Waals surface area contributed by atoms with Crippen molar-refractivity contribution in [1.82, 2.24) is 15.4 Å². The first kappa shape index (κ1) is 28.3. The van der Waals surface area contributed by atoms with Crippen molar-refractivity contribution >= 4 is 45.6 Å². The van der Waals surface area contributed by atoms with Gasteiger partial charge in [-0.2, -0.15) is 8.42 Å². The first-order chi connectivity index (χ1) is 17.6. The van der Waals surface area contributed by atoms with Crippen LogP contribution in [0.2, 0.25) is 0 Å². The Bertz CT molecular complexity index is 1250. The van der Waals surface area contributed by atoms with Crippen LogP contribution in [0.5, 0.6) is 0 Å². The summed E-state index contributed by atoms with van der Waals surface area (Å²) in [7, 11) is -4.77. The molecule has 2 aromatic rings. The van der Waals surface area contributed by atoms with Gasteiger partial charge in [-0.05, 0) is 43.5 Å². The topological polar surface area (TPSA) is 160 Å². The molecule has 37 heavy (non-hydrogen) atoms. The van der Waals surface area contributed by atoms with E-state index in [1.807, 2.05) is 37.3 Å². The molecule has 1 aromatic carbocycles. The molecule has 2 N–H and O–H groups in total. The van der Waals surface area contributed by atoms with Crippen LogP contribution in [0.15, 0.2) is 53.7 Å². The minimum Gasteiger partial charge on any atom is -0.352 e. The van der Waals surface area contributed by atoms with Crippen molar-refractivity contribution in [2.75, 3.05) is 6.54 Å². The smallest absolute Gasteiger partial charge is 0.333 e. The number of hydrogen-bond donors (Lipinski definition) is 2. The molecule has 2 heterocycles. The van der Waals surface area contributed by atoms with E-state index in [0.717, 1.165) is 10.6 Å². The number of pyridine rings is 1. The van der Waals surface area contributed by atoms with Gasteiger partial charge in [0.05, 0.1) is 11.4 Å². The third-order valence-corrected chi connectivity index (χ3v) is 7.71. The SMILES string of the molecule is CC(Sc1ccccn1)c1ccccc1C(=O)NCCCCCC(=O)ON1C(=O)CC(S(=O)(=O)O)C1=O. The zero-order chi connectivity index (χ0) is 27.0. The molecule has 198 valence electrons. The number of benzene rings is 1. The third-order valence-electron chi connectivity index (χ3n) is 5.54. The normalized spacial score (nSPS) is 16.5. The van der Waals surface area contributed by atoms with E-state index < -0.39 is 39.6 Å². The van der Waals surface area contributed by atoms with Crippen molar-refractivity contribution in [3.05, 3.63) is 59.8 Å². The van der Waals surface area contributed by atoms with E-state index in [9.17, 15) is 27.6 Å². The summed E-state index contributed by atoms with van der Waals surface area (Å²) in [5.41, 5.74) is 1.46. The number of nitrogens with zero attached hydrogens (tertiary/aromatic N) is 2.